The number of benzene rings is 5. The first-order chi connectivity index (χ1) is 26.0. The van der Waals surface area contributed by atoms with Gasteiger partial charge in [-0.1, -0.05) is 153 Å². The van der Waals surface area contributed by atoms with E-state index in [2.05, 4.69) is 104 Å². The molecule has 55 heavy (non-hydrogen) atoms. The van der Waals surface area contributed by atoms with Crippen molar-refractivity contribution >= 4 is 46.3 Å². The van der Waals surface area contributed by atoms with E-state index < -0.39 is 5.97 Å². The van der Waals surface area contributed by atoms with Crippen LogP contribution in [0.25, 0.3) is 0 Å². The summed E-state index contributed by atoms with van der Waals surface area (Å²) in [4.78, 5) is 25.8. The van der Waals surface area contributed by atoms with Gasteiger partial charge >= 0.3 is 51.4 Å². The zero-order chi connectivity index (χ0) is 38.5. The number of hydrogen-bond donors (Lipinski definition) is 1. The topological polar surface area (TPSA) is 81.7 Å². The Hall–Kier alpha value is -2.82. The van der Waals surface area contributed by atoms with Gasteiger partial charge in [0.05, 0.1) is 21.8 Å². The van der Waals surface area contributed by atoms with E-state index >= 15 is 0 Å². The molecule has 1 aliphatic rings. The number of piperidine rings is 1. The zero-order valence-electron chi connectivity index (χ0n) is 32.3. The molecule has 0 unspecified atom stereocenters. The molecule has 1 saturated heterocycles. The molecule has 0 aliphatic carbocycles. The summed E-state index contributed by atoms with van der Waals surface area (Å²) in [6.45, 7) is 9.61. The second-order valence-electron chi connectivity index (χ2n) is 14.7. The number of carbonyl (C=O) groups excluding carboxylic acids is 2. The van der Waals surface area contributed by atoms with E-state index in [1.807, 2.05) is 12.1 Å². The fourth-order valence-electron chi connectivity index (χ4n) is 6.53. The molecule has 1 fully saturated rings. The van der Waals surface area contributed by atoms with Crippen LogP contribution in [0.15, 0.2) is 127 Å². The fraction of sp³-hybridized carbons (Fsp3) is 0.304. The second-order valence-corrected chi connectivity index (χ2v) is 15.5. The largest absolute Gasteiger partial charge is 1.00 e. The second kappa shape index (κ2) is 22.2. The van der Waals surface area contributed by atoms with E-state index in [0.29, 0.717) is 33.4 Å². The third-order valence-corrected chi connectivity index (χ3v) is 10.2. The average Bonchev–Trinajstić information content (AvgIpc) is 3.17. The number of carbonyl (C=O) groups is 2. The van der Waals surface area contributed by atoms with Crippen LogP contribution in [-0.2, 0) is 21.4 Å². The molecule has 9 heteroatoms. The molecule has 282 valence electrons. The van der Waals surface area contributed by atoms with Gasteiger partial charge in [0, 0.05) is 43.2 Å². The summed E-state index contributed by atoms with van der Waals surface area (Å²) < 4.78 is 6.67. The molecule has 1 heterocycles. The minimum absolute atomic E-state index is 0. The van der Waals surface area contributed by atoms with Crippen molar-refractivity contribution in [3.63, 3.8) is 0 Å². The van der Waals surface area contributed by atoms with Crippen LogP contribution in [0.3, 0.4) is 0 Å². The Labute approximate surface area is 379 Å². The van der Waals surface area contributed by atoms with Gasteiger partial charge in [-0.25, -0.2) is 0 Å². The molecule has 0 radical (unpaired) electrons. The Morgan fingerprint density at radius 3 is 1.87 bits per heavy atom. The normalized spacial score (nSPS) is 13.3. The van der Waals surface area contributed by atoms with Crippen LogP contribution in [0, 0.1) is 0 Å². The van der Waals surface area contributed by atoms with E-state index in [1.54, 1.807) is 42.5 Å². The molecule has 0 atom stereocenters. The number of ketones is 1. The number of ether oxygens (including phenoxy) is 1. The summed E-state index contributed by atoms with van der Waals surface area (Å²) >= 11 is 12.1. The molecule has 6 rings (SSSR count). The predicted octanol–water partition coefficient (Wildman–Crippen LogP) is 7.25. The number of halogens is 2. The van der Waals surface area contributed by atoms with Crippen molar-refractivity contribution in [3.05, 3.63) is 165 Å². The number of rotatable bonds is 13. The molecule has 0 amide bonds. The van der Waals surface area contributed by atoms with E-state index in [-0.39, 0.29) is 81.2 Å². The van der Waals surface area contributed by atoms with Crippen molar-refractivity contribution in [1.82, 2.24) is 4.90 Å². The molecule has 0 bridgehead atoms. The summed E-state index contributed by atoms with van der Waals surface area (Å²) in [7, 11) is 0. The summed E-state index contributed by atoms with van der Waals surface area (Å²) in [5.41, 5.74) is 6.42. The molecule has 5 aromatic carbocycles. The molecule has 0 saturated carbocycles. The van der Waals surface area contributed by atoms with Crippen molar-refractivity contribution in [1.29, 1.82) is 0 Å². The first-order valence-electron chi connectivity index (χ1n) is 18.6. The van der Waals surface area contributed by atoms with Crippen LogP contribution >= 0.6 is 23.2 Å². The maximum atomic E-state index is 12.7. The average molecular weight is 804 g/mol. The number of aliphatic carboxylic acids is 1. The van der Waals surface area contributed by atoms with Crippen molar-refractivity contribution in [2.45, 2.75) is 70.5 Å². The Kier molecular flexibility index (Phi) is 18.1. The molecule has 6 nitrogen and oxygen atoms in total. The van der Waals surface area contributed by atoms with Gasteiger partial charge in [0.15, 0.2) is 5.78 Å². The van der Waals surface area contributed by atoms with Gasteiger partial charge in [-0.05, 0) is 71.7 Å². The Balaban J connectivity index is 0.000000285. The van der Waals surface area contributed by atoms with Gasteiger partial charge < -0.3 is 24.9 Å². The van der Waals surface area contributed by atoms with Gasteiger partial charge in [0.1, 0.15) is 6.10 Å². The number of para-hydroxylation sites is 2. The summed E-state index contributed by atoms with van der Waals surface area (Å²) in [6.07, 6.45) is 3.61. The number of nitrogens with zero attached hydrogens (tertiary/aromatic N) is 1. The van der Waals surface area contributed by atoms with Gasteiger partial charge in [0.25, 0.3) is 0 Å². The zero-order valence-corrected chi connectivity index (χ0v) is 36.9. The number of likely N-dealkylation sites (tertiary alicyclic amines) is 1. The Morgan fingerprint density at radius 1 is 0.782 bits per heavy atom. The van der Waals surface area contributed by atoms with Crippen molar-refractivity contribution in [2.75, 3.05) is 25.0 Å². The smallest absolute Gasteiger partial charge is 0.550 e. The predicted molar refractivity (Wildman–Crippen MR) is 219 cm³/mol. The van der Waals surface area contributed by atoms with Gasteiger partial charge in [-0.2, -0.15) is 0 Å². The Bertz CT molecular complexity index is 1890. The van der Waals surface area contributed by atoms with Crippen LogP contribution in [0.4, 0.5) is 11.4 Å². The fourth-order valence-corrected chi connectivity index (χ4v) is 7.03. The van der Waals surface area contributed by atoms with E-state index in [9.17, 15) is 14.7 Å². The van der Waals surface area contributed by atoms with E-state index in [4.69, 9.17) is 27.9 Å². The molecule has 0 aromatic heterocycles. The SMILES string of the molecule is CC(C)(C)c1ccc(C(=O)CCCN2CCC(OC(c3ccccc3)c3ccccc3)CC2)cc1.O=C([O-])Cc1ccccc1Nc1c(Cl)cccc1Cl.[K+]. The number of nitrogens with one attached hydrogen (secondary N) is 1. The van der Waals surface area contributed by atoms with E-state index in [0.717, 1.165) is 44.5 Å². The number of carboxylic acid groups (broad SMARTS) is 1. The summed E-state index contributed by atoms with van der Waals surface area (Å²) in [6, 6.07) is 41.4. The number of Topliss-reactive ketones (excluding diaryl/α,β-unsaturated/α-hetero) is 1. The first-order valence-corrected chi connectivity index (χ1v) is 19.3. The molecule has 1 N–H and O–H groups in total. The van der Waals surface area contributed by atoms with Crippen molar-refractivity contribution < 1.29 is 70.8 Å². The van der Waals surface area contributed by atoms with Crippen molar-refractivity contribution in [2.24, 2.45) is 0 Å². The summed E-state index contributed by atoms with van der Waals surface area (Å²) in [5, 5.41) is 14.7. The van der Waals surface area contributed by atoms with Crippen LogP contribution in [0.2, 0.25) is 10.0 Å². The molecule has 0 spiro atoms. The monoisotopic (exact) mass is 802 g/mol. The maximum Gasteiger partial charge on any atom is 1.00 e. The molecule has 5 aromatic rings. The maximum absolute atomic E-state index is 12.7. The summed E-state index contributed by atoms with van der Waals surface area (Å²) in [5.74, 6) is -0.892. The number of anilines is 2. The number of hydrogen-bond acceptors (Lipinski definition) is 6. The van der Waals surface area contributed by atoms with Gasteiger partial charge in [-0.3, -0.25) is 4.79 Å². The van der Waals surface area contributed by atoms with Crippen LogP contribution < -0.4 is 61.8 Å². The van der Waals surface area contributed by atoms with Gasteiger partial charge in [0.2, 0.25) is 0 Å². The molecular formula is C46H49Cl2KN2O4. The quantitative estimate of drug-likeness (QED) is 0.0999. The minimum Gasteiger partial charge on any atom is -0.550 e. The van der Waals surface area contributed by atoms with Gasteiger partial charge in [-0.15, -0.1) is 0 Å². The van der Waals surface area contributed by atoms with E-state index in [1.165, 1.54) is 16.7 Å². The molecular weight excluding hydrogens is 755 g/mol. The van der Waals surface area contributed by atoms with Crippen LogP contribution in [0.5, 0.6) is 0 Å². The third kappa shape index (κ3) is 14.0. The Morgan fingerprint density at radius 2 is 1.33 bits per heavy atom. The number of carboxylic acids is 1. The van der Waals surface area contributed by atoms with Crippen molar-refractivity contribution in [3.8, 4) is 0 Å². The minimum atomic E-state index is -1.14. The third-order valence-electron chi connectivity index (χ3n) is 9.59. The first kappa shape index (κ1) is 44.9. The standard InChI is InChI=1S/C32H39NO2.C14H11Cl2NO2.K/c1-32(2,3)28-18-16-25(17-19-28)30(34)15-10-22-33-23-20-29(21-24-33)35-31(26-11-6-4-7-12-26)27-13-8-5-9-14-27;15-10-5-3-6-11(16)14(10)17-12-7-2-1-4-9(12)8-13(18)19;/h4-9,11-14,16-19,29,31H,10,15,20-24H2,1-3H3;1-7,17H,8H2,(H,18,19);/q;;+1/p-1. The van der Waals surface area contributed by atoms with Crippen LogP contribution in [-0.4, -0.2) is 42.4 Å². The van der Waals surface area contributed by atoms with Crippen LogP contribution in [0.1, 0.15) is 85.2 Å². The molecule has 1 aliphatic heterocycles.